The first kappa shape index (κ1) is 14.0. The van der Waals surface area contributed by atoms with Crippen molar-refractivity contribution in [1.82, 2.24) is 14.8 Å². The summed E-state index contributed by atoms with van der Waals surface area (Å²) < 4.78 is 2.11. The van der Waals surface area contributed by atoms with Crippen molar-refractivity contribution < 1.29 is 9.90 Å². The maximum Gasteiger partial charge on any atom is 0.310 e. The Balaban J connectivity index is 2.22. The van der Waals surface area contributed by atoms with Gasteiger partial charge in [0.1, 0.15) is 12.2 Å². The topological polar surface area (TPSA) is 68.0 Å². The van der Waals surface area contributed by atoms with Gasteiger partial charge in [0.05, 0.1) is 5.41 Å². The summed E-state index contributed by atoms with van der Waals surface area (Å²) in [5, 5.41) is 17.7. The molecule has 1 heterocycles. The van der Waals surface area contributed by atoms with Crippen LogP contribution in [0, 0.1) is 5.41 Å². The Morgan fingerprint density at radius 3 is 2.58 bits per heavy atom. The van der Waals surface area contributed by atoms with Crippen molar-refractivity contribution in [3.05, 3.63) is 12.2 Å². The van der Waals surface area contributed by atoms with Crippen LogP contribution in [-0.2, 0) is 11.2 Å². The fraction of sp³-hybridized carbons (Fsp3) is 0.786. The van der Waals surface area contributed by atoms with Crippen molar-refractivity contribution in [2.45, 2.75) is 64.8 Å². The molecule has 1 saturated carbocycles. The monoisotopic (exact) mass is 265 g/mol. The summed E-state index contributed by atoms with van der Waals surface area (Å²) in [5.41, 5.74) is -0.705. The van der Waals surface area contributed by atoms with E-state index >= 15 is 0 Å². The first-order valence-electron chi connectivity index (χ1n) is 7.24. The number of hydrogen-bond donors (Lipinski definition) is 1. The lowest BCUT2D eigenvalue weighted by molar-refractivity contribution is -0.149. The Bertz CT molecular complexity index is 432. The zero-order chi connectivity index (χ0) is 13.9. The maximum absolute atomic E-state index is 11.6. The zero-order valence-electron chi connectivity index (χ0n) is 11.8. The second-order valence-corrected chi connectivity index (χ2v) is 5.56. The van der Waals surface area contributed by atoms with Gasteiger partial charge in [0.25, 0.3) is 0 Å². The van der Waals surface area contributed by atoms with Crippen LogP contribution in [0.2, 0.25) is 0 Å². The molecule has 0 radical (unpaired) electrons. The summed E-state index contributed by atoms with van der Waals surface area (Å²) in [5.74, 6) is 0.108. The number of carboxylic acids is 1. The molecule has 1 aromatic heterocycles. The number of hydrogen-bond acceptors (Lipinski definition) is 3. The highest BCUT2D eigenvalue weighted by Gasteiger charge is 2.37. The third-order valence-electron chi connectivity index (χ3n) is 4.67. The average molecular weight is 265 g/mol. The molecule has 0 aromatic carbocycles. The standard InChI is InChI=1S/C14H23N3O2/c1-3-14(4-2,13(18)19)9-12-16-15-10-17(12)11-7-5-6-8-11/h10-11H,3-9H2,1-2H3,(H,18,19). The van der Waals surface area contributed by atoms with Crippen LogP contribution in [0.3, 0.4) is 0 Å². The van der Waals surface area contributed by atoms with Crippen molar-refractivity contribution >= 4 is 5.97 Å². The van der Waals surface area contributed by atoms with Gasteiger partial charge < -0.3 is 9.67 Å². The third-order valence-corrected chi connectivity index (χ3v) is 4.67. The molecule has 1 aliphatic rings. The number of carbonyl (C=O) groups is 1. The number of aliphatic carboxylic acids is 1. The largest absolute Gasteiger partial charge is 0.481 e. The van der Waals surface area contributed by atoms with E-state index in [-0.39, 0.29) is 0 Å². The number of nitrogens with zero attached hydrogens (tertiary/aromatic N) is 3. The van der Waals surface area contributed by atoms with Gasteiger partial charge in [-0.1, -0.05) is 26.7 Å². The first-order valence-corrected chi connectivity index (χ1v) is 7.24. The van der Waals surface area contributed by atoms with Gasteiger partial charge in [0, 0.05) is 12.5 Å². The first-order chi connectivity index (χ1) is 9.13. The molecule has 106 valence electrons. The van der Waals surface area contributed by atoms with Gasteiger partial charge >= 0.3 is 5.97 Å². The molecule has 5 heteroatoms. The lowest BCUT2D eigenvalue weighted by Crippen LogP contribution is -2.33. The highest BCUT2D eigenvalue weighted by Crippen LogP contribution is 2.34. The lowest BCUT2D eigenvalue weighted by Gasteiger charge is -2.27. The van der Waals surface area contributed by atoms with E-state index in [1.165, 1.54) is 12.8 Å². The Morgan fingerprint density at radius 2 is 2.05 bits per heavy atom. The van der Waals surface area contributed by atoms with E-state index in [1.54, 1.807) is 6.33 Å². The Kier molecular flexibility index (Phi) is 4.22. The second-order valence-electron chi connectivity index (χ2n) is 5.56. The molecule has 0 atom stereocenters. The summed E-state index contributed by atoms with van der Waals surface area (Å²) in [7, 11) is 0. The van der Waals surface area contributed by atoms with Crippen molar-refractivity contribution in [2.24, 2.45) is 5.41 Å². The van der Waals surface area contributed by atoms with Gasteiger partial charge in [-0.15, -0.1) is 10.2 Å². The van der Waals surface area contributed by atoms with Crippen LogP contribution in [0.25, 0.3) is 0 Å². The Morgan fingerprint density at radius 1 is 1.42 bits per heavy atom. The molecular weight excluding hydrogens is 242 g/mol. The smallest absolute Gasteiger partial charge is 0.310 e. The molecule has 1 aromatic rings. The number of aromatic nitrogens is 3. The third kappa shape index (κ3) is 2.65. The second kappa shape index (κ2) is 5.72. The van der Waals surface area contributed by atoms with E-state index in [1.807, 2.05) is 13.8 Å². The van der Waals surface area contributed by atoms with E-state index < -0.39 is 11.4 Å². The van der Waals surface area contributed by atoms with Crippen LogP contribution in [0.4, 0.5) is 0 Å². The summed E-state index contributed by atoms with van der Waals surface area (Å²) in [6.45, 7) is 3.88. The van der Waals surface area contributed by atoms with Gasteiger partial charge in [-0.05, 0) is 25.7 Å². The highest BCUT2D eigenvalue weighted by atomic mass is 16.4. The fourth-order valence-electron chi connectivity index (χ4n) is 3.06. The van der Waals surface area contributed by atoms with Crippen molar-refractivity contribution in [2.75, 3.05) is 0 Å². The SMILES string of the molecule is CCC(CC)(Cc1nncn1C1CCCC1)C(=O)O. The number of carboxylic acid groups (broad SMARTS) is 1. The van der Waals surface area contributed by atoms with Crippen LogP contribution < -0.4 is 0 Å². The van der Waals surface area contributed by atoms with Gasteiger partial charge in [-0.2, -0.15) is 0 Å². The van der Waals surface area contributed by atoms with E-state index in [2.05, 4.69) is 14.8 Å². The summed E-state index contributed by atoms with van der Waals surface area (Å²) in [6.07, 6.45) is 8.29. The quantitative estimate of drug-likeness (QED) is 0.858. The maximum atomic E-state index is 11.6. The van der Waals surface area contributed by atoms with E-state index in [0.717, 1.165) is 18.7 Å². The Labute approximate surface area is 114 Å². The lowest BCUT2D eigenvalue weighted by atomic mass is 9.79. The molecule has 0 amide bonds. The molecule has 1 aliphatic carbocycles. The van der Waals surface area contributed by atoms with Crippen LogP contribution in [0.1, 0.15) is 64.2 Å². The molecular formula is C14H23N3O2. The van der Waals surface area contributed by atoms with Gasteiger partial charge in [-0.3, -0.25) is 4.79 Å². The molecule has 5 nitrogen and oxygen atoms in total. The van der Waals surface area contributed by atoms with E-state index in [4.69, 9.17) is 0 Å². The number of rotatable bonds is 6. The minimum atomic E-state index is -0.724. The molecule has 0 spiro atoms. The minimum Gasteiger partial charge on any atom is -0.481 e. The van der Waals surface area contributed by atoms with Crippen LogP contribution in [0.15, 0.2) is 6.33 Å². The molecule has 1 fully saturated rings. The average Bonchev–Trinajstić information content (AvgIpc) is 3.06. The Hall–Kier alpha value is -1.39. The predicted molar refractivity (Wildman–Crippen MR) is 71.9 cm³/mol. The van der Waals surface area contributed by atoms with Crippen LogP contribution in [0.5, 0.6) is 0 Å². The molecule has 2 rings (SSSR count). The van der Waals surface area contributed by atoms with Gasteiger partial charge in [-0.25, -0.2) is 0 Å². The van der Waals surface area contributed by atoms with Crippen LogP contribution >= 0.6 is 0 Å². The molecule has 0 aliphatic heterocycles. The molecule has 1 N–H and O–H groups in total. The van der Waals surface area contributed by atoms with E-state index in [0.29, 0.717) is 25.3 Å². The van der Waals surface area contributed by atoms with Gasteiger partial charge in [0.2, 0.25) is 0 Å². The summed E-state index contributed by atoms with van der Waals surface area (Å²) >= 11 is 0. The van der Waals surface area contributed by atoms with Crippen molar-refractivity contribution in [3.63, 3.8) is 0 Å². The fourth-order valence-corrected chi connectivity index (χ4v) is 3.06. The van der Waals surface area contributed by atoms with Crippen molar-refractivity contribution in [1.29, 1.82) is 0 Å². The molecule has 0 unspecified atom stereocenters. The molecule has 0 bridgehead atoms. The minimum absolute atomic E-state index is 0.463. The zero-order valence-corrected chi connectivity index (χ0v) is 11.8. The molecule has 19 heavy (non-hydrogen) atoms. The van der Waals surface area contributed by atoms with Crippen LogP contribution in [-0.4, -0.2) is 25.8 Å². The molecule has 0 saturated heterocycles. The van der Waals surface area contributed by atoms with Crippen molar-refractivity contribution in [3.8, 4) is 0 Å². The normalized spacial score (nSPS) is 16.9. The predicted octanol–water partition coefficient (Wildman–Crippen LogP) is 2.83. The van der Waals surface area contributed by atoms with E-state index in [9.17, 15) is 9.90 Å². The van der Waals surface area contributed by atoms with Gasteiger partial charge in [0.15, 0.2) is 0 Å². The summed E-state index contributed by atoms with van der Waals surface area (Å²) in [4.78, 5) is 11.6. The highest BCUT2D eigenvalue weighted by molar-refractivity contribution is 5.74. The summed E-state index contributed by atoms with van der Waals surface area (Å²) in [6, 6.07) is 0.463.